The monoisotopic (exact) mass is 431 g/mol. The van der Waals surface area contributed by atoms with Gasteiger partial charge in [-0.05, 0) is 51.3 Å². The van der Waals surface area contributed by atoms with Gasteiger partial charge >= 0.3 is 5.69 Å². The molecule has 1 aromatic heterocycles. The van der Waals surface area contributed by atoms with Gasteiger partial charge in [-0.15, -0.1) is 0 Å². The third kappa shape index (κ3) is 4.28. The average molecular weight is 432 g/mol. The number of nitrogens with zero attached hydrogens (tertiary/aromatic N) is 3. The van der Waals surface area contributed by atoms with Gasteiger partial charge in [-0.2, -0.15) is 5.10 Å². The lowest BCUT2D eigenvalue weighted by molar-refractivity contribution is 0.414. The number of rotatable bonds is 6. The Hall–Kier alpha value is -2.87. The second-order valence-electron chi connectivity index (χ2n) is 5.82. The van der Waals surface area contributed by atoms with Crippen LogP contribution in [0.3, 0.4) is 0 Å². The van der Waals surface area contributed by atoms with Gasteiger partial charge in [0.15, 0.2) is 4.60 Å². The summed E-state index contributed by atoms with van der Waals surface area (Å²) >= 11 is 3.16. The van der Waals surface area contributed by atoms with Crippen LogP contribution in [0.5, 0.6) is 11.5 Å². The topological polar surface area (TPSA) is 75.3 Å². The minimum absolute atomic E-state index is 0.0872. The molecule has 8 heteroatoms. The van der Waals surface area contributed by atoms with E-state index in [4.69, 9.17) is 9.47 Å². The second kappa shape index (κ2) is 8.22. The average Bonchev–Trinajstić information content (AvgIpc) is 2.70. The standard InChI is InChI=1S/C19H18BrN3O4/c1-26-15-7-3-13(4-8-15)11-22-18(24)17(20)21-23(19(22)25)12-14-5-9-16(27-2)10-6-14/h3-10H,11-12H2,1-2H3. The summed E-state index contributed by atoms with van der Waals surface area (Å²) in [5.74, 6) is 1.43. The van der Waals surface area contributed by atoms with Gasteiger partial charge < -0.3 is 9.47 Å². The van der Waals surface area contributed by atoms with Crippen molar-refractivity contribution in [2.24, 2.45) is 0 Å². The van der Waals surface area contributed by atoms with Crippen LogP contribution in [0.4, 0.5) is 0 Å². The molecule has 140 valence electrons. The molecule has 0 amide bonds. The van der Waals surface area contributed by atoms with Crippen molar-refractivity contribution in [3.8, 4) is 11.5 Å². The lowest BCUT2D eigenvalue weighted by Gasteiger charge is -2.11. The Balaban J connectivity index is 1.94. The first kappa shape index (κ1) is 18.9. The first-order chi connectivity index (χ1) is 13.0. The molecule has 2 aromatic carbocycles. The molecule has 0 aliphatic heterocycles. The Morgan fingerprint density at radius 1 is 0.852 bits per heavy atom. The van der Waals surface area contributed by atoms with Crippen molar-refractivity contribution in [1.82, 2.24) is 14.3 Å². The van der Waals surface area contributed by atoms with Gasteiger partial charge in [0, 0.05) is 0 Å². The summed E-state index contributed by atoms with van der Waals surface area (Å²) in [5.41, 5.74) is 0.729. The Morgan fingerprint density at radius 2 is 1.33 bits per heavy atom. The summed E-state index contributed by atoms with van der Waals surface area (Å²) < 4.78 is 12.8. The highest BCUT2D eigenvalue weighted by Crippen LogP contribution is 2.13. The maximum absolute atomic E-state index is 12.8. The van der Waals surface area contributed by atoms with Crippen molar-refractivity contribution in [2.45, 2.75) is 13.1 Å². The van der Waals surface area contributed by atoms with Crippen LogP contribution < -0.4 is 20.7 Å². The van der Waals surface area contributed by atoms with E-state index in [1.165, 1.54) is 4.68 Å². The van der Waals surface area contributed by atoms with Gasteiger partial charge in [-0.1, -0.05) is 24.3 Å². The molecule has 0 saturated carbocycles. The van der Waals surface area contributed by atoms with Crippen LogP contribution >= 0.6 is 15.9 Å². The van der Waals surface area contributed by atoms with Crippen LogP contribution in [0.15, 0.2) is 62.7 Å². The Labute approximate surface area is 163 Å². The fourth-order valence-corrected chi connectivity index (χ4v) is 2.99. The van der Waals surface area contributed by atoms with Crippen molar-refractivity contribution in [3.63, 3.8) is 0 Å². The van der Waals surface area contributed by atoms with Crippen LogP contribution in [0.25, 0.3) is 0 Å². The molecular formula is C19H18BrN3O4. The van der Waals surface area contributed by atoms with E-state index in [0.29, 0.717) is 5.75 Å². The van der Waals surface area contributed by atoms with Crippen LogP contribution in [-0.4, -0.2) is 28.6 Å². The first-order valence-electron chi connectivity index (χ1n) is 8.15. The van der Waals surface area contributed by atoms with Crippen molar-refractivity contribution < 1.29 is 9.47 Å². The number of methoxy groups -OCH3 is 2. The van der Waals surface area contributed by atoms with Gasteiger partial charge in [0.1, 0.15) is 11.5 Å². The zero-order chi connectivity index (χ0) is 19.4. The highest BCUT2D eigenvalue weighted by atomic mass is 79.9. The predicted octanol–water partition coefficient (Wildman–Crippen LogP) is 2.28. The smallest absolute Gasteiger partial charge is 0.348 e. The van der Waals surface area contributed by atoms with E-state index in [0.717, 1.165) is 21.4 Å². The Morgan fingerprint density at radius 3 is 1.81 bits per heavy atom. The van der Waals surface area contributed by atoms with E-state index in [1.807, 2.05) is 36.4 Å². The van der Waals surface area contributed by atoms with Gasteiger partial charge in [0.05, 0.1) is 27.3 Å². The maximum Gasteiger partial charge on any atom is 0.348 e. The Kier molecular flexibility index (Phi) is 5.75. The quantitative estimate of drug-likeness (QED) is 0.598. The summed E-state index contributed by atoms with van der Waals surface area (Å²) in [7, 11) is 3.17. The van der Waals surface area contributed by atoms with Crippen LogP contribution in [-0.2, 0) is 13.1 Å². The molecule has 27 heavy (non-hydrogen) atoms. The number of ether oxygens (including phenoxy) is 2. The van der Waals surface area contributed by atoms with Crippen LogP contribution in [0.1, 0.15) is 11.1 Å². The maximum atomic E-state index is 12.8. The van der Waals surface area contributed by atoms with Gasteiger partial charge in [-0.3, -0.25) is 9.36 Å². The predicted molar refractivity (Wildman–Crippen MR) is 105 cm³/mol. The third-order valence-corrected chi connectivity index (χ3v) is 4.57. The first-order valence-corrected chi connectivity index (χ1v) is 8.94. The number of benzene rings is 2. The van der Waals surface area contributed by atoms with Crippen molar-refractivity contribution in [3.05, 3.63) is 85.1 Å². The molecule has 0 atom stereocenters. The van der Waals surface area contributed by atoms with Crippen LogP contribution in [0, 0.1) is 0 Å². The third-order valence-electron chi connectivity index (χ3n) is 4.07. The summed E-state index contributed by atoms with van der Waals surface area (Å²) in [5, 5.41) is 4.08. The normalized spacial score (nSPS) is 10.6. The molecule has 1 heterocycles. The summed E-state index contributed by atoms with van der Waals surface area (Å²) in [6, 6.07) is 14.5. The van der Waals surface area contributed by atoms with Crippen molar-refractivity contribution in [2.75, 3.05) is 14.2 Å². The lowest BCUT2D eigenvalue weighted by atomic mass is 10.2. The fourth-order valence-electron chi connectivity index (χ4n) is 2.59. The molecule has 0 bridgehead atoms. The molecule has 0 unspecified atom stereocenters. The highest BCUT2D eigenvalue weighted by Gasteiger charge is 2.12. The Bertz CT molecular complexity index is 1040. The summed E-state index contributed by atoms with van der Waals surface area (Å²) in [6.45, 7) is 0.385. The van der Waals surface area contributed by atoms with Crippen molar-refractivity contribution in [1.29, 1.82) is 0 Å². The number of hydrogen-bond donors (Lipinski definition) is 0. The minimum atomic E-state index is -0.477. The number of halogens is 1. The number of aromatic nitrogens is 3. The highest BCUT2D eigenvalue weighted by molar-refractivity contribution is 9.10. The van der Waals surface area contributed by atoms with E-state index in [9.17, 15) is 9.59 Å². The molecule has 0 N–H and O–H groups in total. The molecule has 0 saturated heterocycles. The van der Waals surface area contributed by atoms with Gasteiger partial charge in [-0.25, -0.2) is 9.48 Å². The molecule has 3 aromatic rings. The SMILES string of the molecule is COc1ccc(Cn2nc(Br)c(=O)n(Cc3ccc(OC)cc3)c2=O)cc1. The minimum Gasteiger partial charge on any atom is -0.497 e. The molecule has 0 spiro atoms. The second-order valence-corrected chi connectivity index (χ2v) is 6.57. The molecule has 0 radical (unpaired) electrons. The molecule has 7 nitrogen and oxygen atoms in total. The molecule has 3 rings (SSSR count). The zero-order valence-electron chi connectivity index (χ0n) is 14.9. The molecule has 0 aliphatic carbocycles. The number of hydrogen-bond acceptors (Lipinski definition) is 5. The van der Waals surface area contributed by atoms with E-state index < -0.39 is 11.2 Å². The zero-order valence-corrected chi connectivity index (χ0v) is 16.5. The van der Waals surface area contributed by atoms with Crippen molar-refractivity contribution >= 4 is 15.9 Å². The van der Waals surface area contributed by atoms with E-state index in [-0.39, 0.29) is 17.7 Å². The molecule has 0 fully saturated rings. The molecule has 0 aliphatic rings. The van der Waals surface area contributed by atoms with Crippen LogP contribution in [0.2, 0.25) is 0 Å². The van der Waals surface area contributed by atoms with E-state index in [2.05, 4.69) is 21.0 Å². The largest absolute Gasteiger partial charge is 0.497 e. The van der Waals surface area contributed by atoms with Gasteiger partial charge in [0.25, 0.3) is 5.56 Å². The molecular weight excluding hydrogens is 414 g/mol. The van der Waals surface area contributed by atoms with E-state index >= 15 is 0 Å². The summed E-state index contributed by atoms with van der Waals surface area (Å²) in [6.07, 6.45) is 0. The van der Waals surface area contributed by atoms with E-state index in [1.54, 1.807) is 26.4 Å². The summed E-state index contributed by atoms with van der Waals surface area (Å²) in [4.78, 5) is 25.2. The van der Waals surface area contributed by atoms with Gasteiger partial charge in [0.2, 0.25) is 0 Å². The fraction of sp³-hybridized carbons (Fsp3) is 0.211. The lowest BCUT2D eigenvalue weighted by Crippen LogP contribution is -2.42.